The summed E-state index contributed by atoms with van der Waals surface area (Å²) < 4.78 is 45.3. The lowest BCUT2D eigenvalue weighted by Gasteiger charge is -2.11. The van der Waals surface area contributed by atoms with E-state index in [-0.39, 0.29) is 11.3 Å². The van der Waals surface area contributed by atoms with Crippen molar-refractivity contribution >= 4 is 11.6 Å². The van der Waals surface area contributed by atoms with E-state index in [4.69, 9.17) is 4.74 Å². The van der Waals surface area contributed by atoms with E-state index in [9.17, 15) is 23.1 Å². The Balaban J connectivity index is 2.23. The predicted molar refractivity (Wildman–Crippen MR) is 74.3 cm³/mol. The Hall–Kier alpha value is -3.10. The number of fused-ring (bicyclic) bond motifs is 1. The van der Waals surface area contributed by atoms with Gasteiger partial charge in [-0.2, -0.15) is 18.3 Å². The molecule has 3 rings (SSSR count). The highest BCUT2D eigenvalue weighted by Crippen LogP contribution is 2.32. The van der Waals surface area contributed by atoms with Crippen molar-refractivity contribution in [2.45, 2.75) is 6.18 Å². The van der Waals surface area contributed by atoms with E-state index >= 15 is 0 Å². The molecule has 0 N–H and O–H groups in total. The molecule has 0 aliphatic carbocycles. The zero-order chi connectivity index (χ0) is 17.5. The third-order valence-electron chi connectivity index (χ3n) is 3.31. The van der Waals surface area contributed by atoms with Crippen molar-refractivity contribution in [3.8, 4) is 17.0 Å². The summed E-state index contributed by atoms with van der Waals surface area (Å²) in [5, 5.41) is 14.2. The van der Waals surface area contributed by atoms with Crippen molar-refractivity contribution in [3.63, 3.8) is 0 Å². The number of rotatable bonds is 3. The van der Waals surface area contributed by atoms with Gasteiger partial charge in [-0.25, -0.2) is 9.50 Å². The quantitative estimate of drug-likeness (QED) is 0.728. The first-order valence-corrected chi connectivity index (χ1v) is 6.63. The second-order valence-electron chi connectivity index (χ2n) is 4.84. The highest BCUT2D eigenvalue weighted by atomic mass is 19.4. The van der Waals surface area contributed by atoms with Crippen LogP contribution < -0.4 is 9.84 Å². The number of carboxylic acids is 1. The molecular weight excluding hydrogens is 327 g/mol. The van der Waals surface area contributed by atoms with Crippen LogP contribution >= 0.6 is 0 Å². The molecule has 0 unspecified atom stereocenters. The Morgan fingerprint density at radius 2 is 1.88 bits per heavy atom. The smallest absolute Gasteiger partial charge is 0.433 e. The van der Waals surface area contributed by atoms with E-state index in [2.05, 4.69) is 10.1 Å². The van der Waals surface area contributed by atoms with Gasteiger partial charge in [-0.1, -0.05) is 0 Å². The fourth-order valence-corrected chi connectivity index (χ4v) is 2.19. The number of methoxy groups -OCH3 is 1. The minimum atomic E-state index is -4.74. The van der Waals surface area contributed by atoms with Crippen LogP contribution in [0.1, 0.15) is 16.2 Å². The Morgan fingerprint density at radius 1 is 1.21 bits per heavy atom. The van der Waals surface area contributed by atoms with Gasteiger partial charge in [0, 0.05) is 11.6 Å². The molecular formula is C15H9F3N3O3-. The molecule has 6 nitrogen and oxygen atoms in total. The minimum Gasteiger partial charge on any atom is -0.543 e. The van der Waals surface area contributed by atoms with Crippen LogP contribution in [0.5, 0.6) is 5.75 Å². The van der Waals surface area contributed by atoms with E-state index < -0.39 is 23.5 Å². The second-order valence-corrected chi connectivity index (χ2v) is 4.84. The molecule has 0 bridgehead atoms. The van der Waals surface area contributed by atoms with Crippen LogP contribution in [0.25, 0.3) is 16.9 Å². The molecule has 1 aromatic carbocycles. The van der Waals surface area contributed by atoms with Crippen LogP contribution in [0.4, 0.5) is 13.2 Å². The number of nitrogens with zero attached hydrogens (tertiary/aromatic N) is 3. The van der Waals surface area contributed by atoms with Gasteiger partial charge in [0.2, 0.25) is 0 Å². The van der Waals surface area contributed by atoms with Gasteiger partial charge in [0.1, 0.15) is 11.4 Å². The number of aromatic carboxylic acids is 1. The summed E-state index contributed by atoms with van der Waals surface area (Å²) >= 11 is 0. The van der Waals surface area contributed by atoms with Crippen LogP contribution in [0, 0.1) is 0 Å². The fourth-order valence-electron chi connectivity index (χ4n) is 2.19. The number of aromatic nitrogens is 3. The van der Waals surface area contributed by atoms with Crippen molar-refractivity contribution in [2.75, 3.05) is 7.11 Å². The summed E-state index contributed by atoms with van der Waals surface area (Å²) in [5.74, 6) is -1.14. The van der Waals surface area contributed by atoms with Crippen molar-refractivity contribution < 1.29 is 27.8 Å². The molecule has 0 aliphatic heterocycles. The van der Waals surface area contributed by atoms with E-state index in [1.165, 1.54) is 7.11 Å². The largest absolute Gasteiger partial charge is 0.543 e. The second kappa shape index (κ2) is 5.52. The Bertz CT molecular complexity index is 917. The lowest BCUT2D eigenvalue weighted by Crippen LogP contribution is -2.23. The maximum atomic E-state index is 13.3. The molecule has 24 heavy (non-hydrogen) atoms. The molecule has 0 aliphatic rings. The van der Waals surface area contributed by atoms with Gasteiger partial charge in [0.15, 0.2) is 11.3 Å². The standard InChI is InChI=1S/C15H10F3N3O3/c1-24-9-4-2-8(3-5-9)10-6-12(15(16,17)18)21-13(19-10)7-11(20-21)14(22)23/h2-7H,1H3,(H,22,23)/p-1. The molecule has 2 aromatic heterocycles. The predicted octanol–water partition coefficient (Wildman–Crippen LogP) is 1.79. The third kappa shape index (κ3) is 2.75. The van der Waals surface area contributed by atoms with Gasteiger partial charge < -0.3 is 14.6 Å². The Labute approximate surface area is 133 Å². The number of hydrogen-bond donors (Lipinski definition) is 0. The van der Waals surface area contributed by atoms with Gasteiger partial charge >= 0.3 is 6.18 Å². The van der Waals surface area contributed by atoms with Gasteiger partial charge in [-0.3, -0.25) is 0 Å². The molecule has 0 saturated heterocycles. The highest BCUT2D eigenvalue weighted by Gasteiger charge is 2.35. The summed E-state index contributed by atoms with van der Waals surface area (Å²) in [7, 11) is 1.47. The Kier molecular flexibility index (Phi) is 3.63. The molecule has 0 saturated carbocycles. The van der Waals surface area contributed by atoms with Crippen molar-refractivity contribution in [1.82, 2.24) is 14.6 Å². The molecule has 0 amide bonds. The van der Waals surface area contributed by atoms with Gasteiger partial charge in [0.25, 0.3) is 0 Å². The normalized spacial score (nSPS) is 11.7. The fraction of sp³-hybridized carbons (Fsp3) is 0.133. The summed E-state index contributed by atoms with van der Waals surface area (Å²) in [5.41, 5.74) is -1.55. The van der Waals surface area contributed by atoms with E-state index in [0.29, 0.717) is 15.8 Å². The van der Waals surface area contributed by atoms with Gasteiger partial charge in [-0.05, 0) is 30.3 Å². The van der Waals surface area contributed by atoms with Crippen LogP contribution in [0.2, 0.25) is 0 Å². The molecule has 2 heterocycles. The number of carbonyl (C=O) groups is 1. The van der Waals surface area contributed by atoms with Crippen LogP contribution in [0.3, 0.4) is 0 Å². The van der Waals surface area contributed by atoms with Crippen molar-refractivity contribution in [1.29, 1.82) is 0 Å². The van der Waals surface area contributed by atoms with Gasteiger partial charge in [0.05, 0.1) is 18.8 Å². The average Bonchev–Trinajstić information content (AvgIpc) is 2.97. The molecule has 0 atom stereocenters. The monoisotopic (exact) mass is 336 g/mol. The first kappa shape index (κ1) is 15.8. The summed E-state index contributed by atoms with van der Waals surface area (Å²) in [4.78, 5) is 14.9. The number of alkyl halides is 3. The maximum Gasteiger partial charge on any atom is 0.433 e. The van der Waals surface area contributed by atoms with Crippen molar-refractivity contribution in [3.05, 3.63) is 47.8 Å². The number of carbonyl (C=O) groups excluding carboxylic acids is 1. The highest BCUT2D eigenvalue weighted by molar-refractivity contribution is 5.85. The molecule has 3 aromatic rings. The first-order valence-electron chi connectivity index (χ1n) is 6.63. The lowest BCUT2D eigenvalue weighted by molar-refractivity contribution is -0.255. The molecule has 9 heteroatoms. The van der Waals surface area contributed by atoms with E-state index in [0.717, 1.165) is 12.1 Å². The molecule has 0 radical (unpaired) electrons. The third-order valence-corrected chi connectivity index (χ3v) is 3.31. The SMILES string of the molecule is COc1ccc(-c2cc(C(F)(F)F)n3nc(C(=O)[O-])cc3n2)cc1. The lowest BCUT2D eigenvalue weighted by atomic mass is 10.1. The van der Waals surface area contributed by atoms with Crippen molar-refractivity contribution in [2.24, 2.45) is 0 Å². The summed E-state index contributed by atoms with van der Waals surface area (Å²) in [6, 6.07) is 8.00. The molecule has 0 spiro atoms. The summed E-state index contributed by atoms with van der Waals surface area (Å²) in [6.07, 6.45) is -4.74. The zero-order valence-corrected chi connectivity index (χ0v) is 12.2. The van der Waals surface area contributed by atoms with Crippen LogP contribution in [0.15, 0.2) is 36.4 Å². The average molecular weight is 336 g/mol. The topological polar surface area (TPSA) is 79.5 Å². The number of hydrogen-bond acceptors (Lipinski definition) is 5. The van der Waals surface area contributed by atoms with E-state index in [1.54, 1.807) is 24.3 Å². The van der Waals surface area contributed by atoms with Crippen LogP contribution in [-0.2, 0) is 6.18 Å². The Morgan fingerprint density at radius 3 is 2.42 bits per heavy atom. The maximum absolute atomic E-state index is 13.3. The number of ether oxygens (including phenoxy) is 1. The number of carboxylic acid groups (broad SMARTS) is 1. The van der Waals surface area contributed by atoms with Crippen LogP contribution in [-0.4, -0.2) is 27.7 Å². The first-order chi connectivity index (χ1) is 11.3. The molecule has 0 fully saturated rings. The molecule has 124 valence electrons. The number of benzene rings is 1. The summed E-state index contributed by atoms with van der Waals surface area (Å²) in [6.45, 7) is 0. The number of halogens is 3. The minimum absolute atomic E-state index is 0.0299. The zero-order valence-electron chi connectivity index (χ0n) is 12.2. The van der Waals surface area contributed by atoms with Gasteiger partial charge in [-0.15, -0.1) is 0 Å². The van der Waals surface area contributed by atoms with E-state index in [1.807, 2.05) is 0 Å².